The maximum absolute atomic E-state index is 12.5. The topological polar surface area (TPSA) is 97.5 Å². The van der Waals surface area contributed by atoms with Crippen LogP contribution in [0.4, 0.5) is 0 Å². The average molecular weight is 369 g/mol. The van der Waals surface area contributed by atoms with Gasteiger partial charge in [-0.3, -0.25) is 0 Å². The van der Waals surface area contributed by atoms with Gasteiger partial charge in [0.1, 0.15) is 9.88 Å². The van der Waals surface area contributed by atoms with Gasteiger partial charge >= 0.3 is 0 Å². The molecule has 0 bridgehead atoms. The van der Waals surface area contributed by atoms with E-state index in [1.807, 2.05) is 0 Å². The Labute approximate surface area is 133 Å². The monoisotopic (exact) mass is 368 g/mol. The molecule has 0 amide bonds. The number of sulfone groups is 1. The van der Waals surface area contributed by atoms with Crippen molar-refractivity contribution in [1.82, 2.24) is 4.31 Å². The predicted molar refractivity (Wildman–Crippen MR) is 84.8 cm³/mol. The van der Waals surface area contributed by atoms with Crippen LogP contribution < -0.4 is 5.73 Å². The lowest BCUT2D eigenvalue weighted by Crippen LogP contribution is -2.43. The first-order chi connectivity index (χ1) is 9.63. The molecule has 2 rings (SSSR count). The molecule has 6 nitrogen and oxygen atoms in total. The zero-order valence-electron chi connectivity index (χ0n) is 10.8. The van der Waals surface area contributed by atoms with E-state index in [1.54, 1.807) is 0 Å². The van der Waals surface area contributed by atoms with Crippen molar-refractivity contribution in [1.29, 1.82) is 0 Å². The molecule has 0 spiro atoms. The molecule has 0 aliphatic carbocycles. The van der Waals surface area contributed by atoms with E-state index < -0.39 is 19.9 Å². The smallest absolute Gasteiger partial charge is 0.244 e. The molecule has 1 aliphatic heterocycles. The van der Waals surface area contributed by atoms with E-state index in [4.69, 9.17) is 29.6 Å². The van der Waals surface area contributed by atoms with Crippen molar-refractivity contribution in [3.05, 3.63) is 28.8 Å². The van der Waals surface area contributed by atoms with Crippen molar-refractivity contribution in [3.8, 4) is 0 Å². The zero-order chi connectivity index (χ0) is 15.8. The summed E-state index contributed by atoms with van der Waals surface area (Å²) in [5.74, 6) is -0.371. The fraction of sp³-hybridized carbons (Fsp3) is 0.364. The summed E-state index contributed by atoms with van der Waals surface area (Å²) < 4.78 is 48.8. The summed E-state index contributed by atoms with van der Waals surface area (Å²) in [5.41, 5.74) is 5.93. The minimum Gasteiger partial charge on any atom is -0.389 e. The Morgan fingerprint density at radius 1 is 1.29 bits per heavy atom. The first-order valence-corrected chi connectivity index (χ1v) is 9.98. The number of hydrogen-bond acceptors (Lipinski definition) is 5. The molecule has 0 aromatic heterocycles. The van der Waals surface area contributed by atoms with E-state index >= 15 is 0 Å². The molecule has 0 saturated carbocycles. The Morgan fingerprint density at radius 2 is 1.86 bits per heavy atom. The summed E-state index contributed by atoms with van der Waals surface area (Å²) in [6.07, 6.45) is 0. The Morgan fingerprint density at radius 3 is 2.33 bits per heavy atom. The third-order valence-corrected chi connectivity index (χ3v) is 7.36. The molecule has 1 fully saturated rings. The van der Waals surface area contributed by atoms with Crippen LogP contribution in [0.1, 0.15) is 5.56 Å². The lowest BCUT2D eigenvalue weighted by Gasteiger charge is -2.26. The summed E-state index contributed by atoms with van der Waals surface area (Å²) in [7, 11) is -6.99. The number of hydrogen-bond donors (Lipinski definition) is 1. The molecule has 116 valence electrons. The van der Waals surface area contributed by atoms with E-state index in [9.17, 15) is 16.8 Å². The van der Waals surface area contributed by atoms with Gasteiger partial charge < -0.3 is 5.73 Å². The van der Waals surface area contributed by atoms with Gasteiger partial charge in [-0.25, -0.2) is 16.8 Å². The standard InChI is InChI=1S/C11H13ClN2O4S3/c12-9-7-8(11(13)19)1-2-10(9)21(17,18)14-3-5-20(15,16)6-4-14/h1-2,7H,3-6H2,(H2,13,19). The normalized spacial score (nSPS) is 19.3. The van der Waals surface area contributed by atoms with Gasteiger partial charge in [-0.1, -0.05) is 29.9 Å². The molecule has 2 N–H and O–H groups in total. The SMILES string of the molecule is NC(=S)c1ccc(S(=O)(=O)N2CCS(=O)(=O)CC2)c(Cl)c1. The largest absolute Gasteiger partial charge is 0.389 e. The maximum atomic E-state index is 12.5. The van der Waals surface area contributed by atoms with Gasteiger partial charge in [0, 0.05) is 18.7 Å². The molecule has 21 heavy (non-hydrogen) atoms. The molecular weight excluding hydrogens is 356 g/mol. The lowest BCUT2D eigenvalue weighted by atomic mass is 10.2. The van der Waals surface area contributed by atoms with Gasteiger partial charge in [0.25, 0.3) is 0 Å². The average Bonchev–Trinajstić information content (AvgIpc) is 2.37. The summed E-state index contributed by atoms with van der Waals surface area (Å²) in [6, 6.07) is 4.19. The highest BCUT2D eigenvalue weighted by molar-refractivity contribution is 7.92. The number of benzene rings is 1. The van der Waals surface area contributed by atoms with Crippen molar-refractivity contribution in [3.63, 3.8) is 0 Å². The summed E-state index contributed by atoms with van der Waals surface area (Å²) in [4.78, 5) is 0.0355. The predicted octanol–water partition coefficient (Wildman–Crippen LogP) is 0.393. The first kappa shape index (κ1) is 16.6. The van der Waals surface area contributed by atoms with Gasteiger partial charge in [0.05, 0.1) is 16.5 Å². The Bertz CT molecular complexity index is 776. The molecule has 0 atom stereocenters. The van der Waals surface area contributed by atoms with Crippen molar-refractivity contribution in [2.24, 2.45) is 5.73 Å². The number of halogens is 1. The molecule has 0 radical (unpaired) electrons. The van der Waals surface area contributed by atoms with Crippen LogP contribution in [0.2, 0.25) is 5.02 Å². The number of nitrogens with zero attached hydrogens (tertiary/aromatic N) is 1. The second kappa shape index (κ2) is 5.81. The van der Waals surface area contributed by atoms with Crippen LogP contribution in [0.25, 0.3) is 0 Å². The summed E-state index contributed by atoms with van der Waals surface area (Å²) in [5, 5.41) is 0.00808. The lowest BCUT2D eigenvalue weighted by molar-refractivity contribution is 0.431. The molecule has 10 heteroatoms. The number of rotatable bonds is 3. The molecule has 1 aromatic rings. The van der Waals surface area contributed by atoms with E-state index in [2.05, 4.69) is 0 Å². The molecule has 1 aliphatic rings. The van der Waals surface area contributed by atoms with Crippen LogP contribution in [0, 0.1) is 0 Å². The van der Waals surface area contributed by atoms with Gasteiger partial charge in [0.2, 0.25) is 10.0 Å². The number of sulfonamides is 1. The summed E-state index contributed by atoms with van der Waals surface area (Å²) >= 11 is 10.8. The number of nitrogens with two attached hydrogens (primary N) is 1. The zero-order valence-corrected chi connectivity index (χ0v) is 14.0. The fourth-order valence-corrected chi connectivity index (χ4v) is 5.46. The van der Waals surface area contributed by atoms with E-state index in [0.29, 0.717) is 5.56 Å². The molecule has 0 unspecified atom stereocenters. The van der Waals surface area contributed by atoms with Crippen molar-refractivity contribution < 1.29 is 16.8 Å². The Balaban J connectivity index is 2.34. The van der Waals surface area contributed by atoms with Gasteiger partial charge in [0.15, 0.2) is 9.84 Å². The Kier molecular flexibility index (Phi) is 4.60. The van der Waals surface area contributed by atoms with Crippen molar-refractivity contribution in [2.75, 3.05) is 24.6 Å². The van der Waals surface area contributed by atoms with Gasteiger partial charge in [-0.05, 0) is 12.1 Å². The van der Waals surface area contributed by atoms with Crippen LogP contribution >= 0.6 is 23.8 Å². The van der Waals surface area contributed by atoms with E-state index in [1.165, 1.54) is 18.2 Å². The van der Waals surface area contributed by atoms with Crippen molar-refractivity contribution in [2.45, 2.75) is 4.90 Å². The first-order valence-electron chi connectivity index (χ1n) is 5.93. The van der Waals surface area contributed by atoms with Crippen LogP contribution in [0.5, 0.6) is 0 Å². The minimum absolute atomic E-state index is 0.00808. The third-order valence-electron chi connectivity index (χ3n) is 3.14. The van der Waals surface area contributed by atoms with Crippen molar-refractivity contribution >= 4 is 48.7 Å². The second-order valence-electron chi connectivity index (χ2n) is 4.57. The summed E-state index contributed by atoms with van der Waals surface area (Å²) in [6.45, 7) is -0.143. The van der Waals surface area contributed by atoms with Gasteiger partial charge in [-0.15, -0.1) is 0 Å². The quantitative estimate of drug-likeness (QED) is 0.775. The van der Waals surface area contributed by atoms with Crippen LogP contribution in [0.15, 0.2) is 23.1 Å². The number of thiocarbonyl (C=S) groups is 1. The minimum atomic E-state index is -3.83. The highest BCUT2D eigenvalue weighted by Gasteiger charge is 2.32. The third kappa shape index (κ3) is 3.54. The molecule has 1 heterocycles. The highest BCUT2D eigenvalue weighted by Crippen LogP contribution is 2.26. The van der Waals surface area contributed by atoms with Crippen LogP contribution in [-0.4, -0.2) is 50.7 Å². The highest BCUT2D eigenvalue weighted by atomic mass is 35.5. The van der Waals surface area contributed by atoms with Crippen LogP contribution in [0.3, 0.4) is 0 Å². The van der Waals surface area contributed by atoms with E-state index in [0.717, 1.165) is 4.31 Å². The second-order valence-corrected chi connectivity index (χ2v) is 9.62. The maximum Gasteiger partial charge on any atom is 0.244 e. The fourth-order valence-electron chi connectivity index (χ4n) is 1.94. The Hall–Kier alpha value is -0.740. The van der Waals surface area contributed by atoms with Crippen LogP contribution in [-0.2, 0) is 19.9 Å². The van der Waals surface area contributed by atoms with Gasteiger partial charge in [-0.2, -0.15) is 4.31 Å². The molecule has 1 saturated heterocycles. The molecular formula is C11H13ClN2O4S3. The molecule has 1 aromatic carbocycles. The van der Waals surface area contributed by atoms with E-state index in [-0.39, 0.29) is 39.5 Å².